The number of hydrogen-bond donors (Lipinski definition) is 3. The van der Waals surface area contributed by atoms with Crippen molar-refractivity contribution in [3.63, 3.8) is 0 Å². The Bertz CT molecular complexity index is 1740. The highest BCUT2D eigenvalue weighted by atomic mass is 16.6. The van der Waals surface area contributed by atoms with Crippen LogP contribution in [0.4, 0.5) is 4.79 Å². The van der Waals surface area contributed by atoms with Crippen LogP contribution in [0.5, 0.6) is 11.5 Å². The number of nitriles is 1. The molecule has 1 fully saturated rings. The molecule has 47 heavy (non-hydrogen) atoms. The van der Waals surface area contributed by atoms with E-state index in [4.69, 9.17) is 9.47 Å². The Morgan fingerprint density at radius 3 is 2.19 bits per heavy atom. The van der Waals surface area contributed by atoms with Crippen LogP contribution in [-0.4, -0.2) is 46.7 Å². The molecule has 3 aromatic carbocycles. The van der Waals surface area contributed by atoms with E-state index in [9.17, 15) is 19.6 Å². The van der Waals surface area contributed by atoms with E-state index in [1.165, 1.54) is 0 Å². The van der Waals surface area contributed by atoms with Gasteiger partial charge in [0.1, 0.15) is 22.8 Å². The highest BCUT2D eigenvalue weighted by Crippen LogP contribution is 2.26. The number of aromatic nitrogens is 1. The van der Waals surface area contributed by atoms with Crippen LogP contribution < -0.4 is 20.7 Å². The first-order valence-electron chi connectivity index (χ1n) is 16.0. The Morgan fingerprint density at radius 2 is 1.53 bits per heavy atom. The van der Waals surface area contributed by atoms with Gasteiger partial charge in [-0.25, -0.2) is 4.79 Å². The molecular weight excluding hydrogens is 594 g/mol. The molecule has 10 nitrogen and oxygen atoms in total. The lowest BCUT2D eigenvalue weighted by molar-refractivity contribution is -0.121. The van der Waals surface area contributed by atoms with E-state index in [1.807, 2.05) is 77.4 Å². The van der Waals surface area contributed by atoms with Crippen molar-refractivity contribution in [3.05, 3.63) is 95.7 Å². The number of fused-ring (bicyclic) bond motifs is 1. The molecule has 0 radical (unpaired) electrons. The molecule has 5 rings (SSSR count). The van der Waals surface area contributed by atoms with Crippen LogP contribution in [0.15, 0.2) is 78.9 Å². The van der Waals surface area contributed by atoms with E-state index in [1.54, 1.807) is 26.8 Å². The van der Waals surface area contributed by atoms with Gasteiger partial charge in [0.15, 0.2) is 0 Å². The van der Waals surface area contributed by atoms with E-state index in [2.05, 4.69) is 22.0 Å². The summed E-state index contributed by atoms with van der Waals surface area (Å²) in [6.07, 6.45) is 2.56. The van der Waals surface area contributed by atoms with E-state index >= 15 is 0 Å². The summed E-state index contributed by atoms with van der Waals surface area (Å²) in [7, 11) is 0. The summed E-state index contributed by atoms with van der Waals surface area (Å²) >= 11 is 0. The molecule has 0 spiro atoms. The maximum absolute atomic E-state index is 13.7. The maximum Gasteiger partial charge on any atom is 0.407 e. The SMILES string of the molecule is CC(C)(C)OC(=O)NCCC(=O)NC1CCC(NC(=O)c2cc3ccc(C#N)cc3n2Cc2ccc(Oc3ccccc3)cc2)CC1. The summed E-state index contributed by atoms with van der Waals surface area (Å²) in [6.45, 7) is 5.99. The Kier molecular flexibility index (Phi) is 10.5. The average Bonchev–Trinajstić information content (AvgIpc) is 3.40. The maximum atomic E-state index is 13.7. The van der Waals surface area contributed by atoms with Crippen LogP contribution in [0.1, 0.15) is 74.5 Å². The molecule has 3 N–H and O–H groups in total. The van der Waals surface area contributed by atoms with E-state index < -0.39 is 11.7 Å². The third-order valence-electron chi connectivity index (χ3n) is 7.96. The van der Waals surface area contributed by atoms with Crippen LogP contribution >= 0.6 is 0 Å². The fourth-order valence-electron chi connectivity index (χ4n) is 5.69. The zero-order chi connectivity index (χ0) is 33.4. The van der Waals surface area contributed by atoms with Gasteiger partial charge in [-0.15, -0.1) is 0 Å². The number of rotatable bonds is 10. The molecule has 3 amide bonds. The van der Waals surface area contributed by atoms with Gasteiger partial charge in [0.2, 0.25) is 5.91 Å². The zero-order valence-corrected chi connectivity index (χ0v) is 27.0. The van der Waals surface area contributed by atoms with Crippen LogP contribution in [0.2, 0.25) is 0 Å². The van der Waals surface area contributed by atoms with Crippen LogP contribution in [0.3, 0.4) is 0 Å². The highest BCUT2D eigenvalue weighted by molar-refractivity contribution is 5.99. The molecule has 10 heteroatoms. The van der Waals surface area contributed by atoms with Gasteiger partial charge in [-0.3, -0.25) is 9.59 Å². The Labute approximate surface area is 275 Å². The van der Waals surface area contributed by atoms with Gasteiger partial charge < -0.3 is 30.0 Å². The largest absolute Gasteiger partial charge is 0.457 e. The zero-order valence-electron chi connectivity index (χ0n) is 27.0. The first kappa shape index (κ1) is 33.1. The number of benzene rings is 3. The lowest BCUT2D eigenvalue weighted by Crippen LogP contribution is -2.44. The Hall–Kier alpha value is -5.30. The molecule has 1 heterocycles. The minimum absolute atomic E-state index is 0.0156. The number of carbonyl (C=O) groups excluding carboxylic acids is 3. The lowest BCUT2D eigenvalue weighted by Gasteiger charge is -2.30. The number of carbonyl (C=O) groups is 3. The third kappa shape index (κ3) is 9.36. The summed E-state index contributed by atoms with van der Waals surface area (Å²) in [5.74, 6) is 1.16. The number of ether oxygens (including phenoxy) is 2. The van der Waals surface area contributed by atoms with Gasteiger partial charge in [0.05, 0.1) is 17.1 Å². The predicted molar refractivity (Wildman–Crippen MR) is 179 cm³/mol. The first-order chi connectivity index (χ1) is 22.6. The Morgan fingerprint density at radius 1 is 0.872 bits per heavy atom. The summed E-state index contributed by atoms with van der Waals surface area (Å²) in [5, 5.41) is 19.3. The molecular formula is C37H41N5O5. The molecule has 0 bridgehead atoms. The van der Waals surface area contributed by atoms with Crippen LogP contribution in [0.25, 0.3) is 10.9 Å². The summed E-state index contributed by atoms with van der Waals surface area (Å²) in [4.78, 5) is 37.9. The van der Waals surface area contributed by atoms with Crippen LogP contribution in [0, 0.1) is 11.3 Å². The second-order valence-electron chi connectivity index (χ2n) is 12.8. The predicted octanol–water partition coefficient (Wildman–Crippen LogP) is 6.43. The highest BCUT2D eigenvalue weighted by Gasteiger charge is 2.26. The van der Waals surface area contributed by atoms with Crippen LogP contribution in [-0.2, 0) is 16.1 Å². The molecule has 1 aliphatic carbocycles. The molecule has 244 valence electrons. The monoisotopic (exact) mass is 635 g/mol. The van der Waals surface area contributed by atoms with Crippen molar-refractivity contribution in [3.8, 4) is 17.6 Å². The summed E-state index contributed by atoms with van der Waals surface area (Å²) in [6, 6.07) is 26.8. The number of nitrogens with zero attached hydrogens (tertiary/aromatic N) is 2. The van der Waals surface area contributed by atoms with E-state index in [0.29, 0.717) is 23.6 Å². The quantitative estimate of drug-likeness (QED) is 0.184. The summed E-state index contributed by atoms with van der Waals surface area (Å²) in [5.41, 5.74) is 2.25. The third-order valence-corrected chi connectivity index (χ3v) is 7.96. The van der Waals surface area contributed by atoms with Gasteiger partial charge >= 0.3 is 6.09 Å². The fraction of sp³-hybridized carbons (Fsp3) is 0.351. The van der Waals surface area contributed by atoms with E-state index in [-0.39, 0.29) is 36.9 Å². The van der Waals surface area contributed by atoms with Gasteiger partial charge in [-0.2, -0.15) is 5.26 Å². The van der Waals surface area contributed by atoms with Crippen molar-refractivity contribution < 1.29 is 23.9 Å². The standard InChI is InChI=1S/C37H41N5O5/c1-37(2,3)47-36(45)39-20-19-34(43)40-28-13-15-29(16-14-28)41-35(44)33-22-27-12-9-26(23-38)21-32(27)42(33)24-25-10-17-31(18-11-25)46-30-7-5-4-6-8-30/h4-12,17-18,21-22,28-29H,13-16,19-20,24H2,1-3H3,(H,39,45)(H,40,43)(H,41,44). The fourth-order valence-corrected chi connectivity index (χ4v) is 5.69. The number of para-hydroxylation sites is 1. The van der Waals surface area contributed by atoms with Crippen molar-refractivity contribution >= 4 is 28.8 Å². The van der Waals surface area contributed by atoms with Crippen molar-refractivity contribution in [2.45, 2.75) is 77.1 Å². The topological polar surface area (TPSA) is 134 Å². The van der Waals surface area contributed by atoms with Crippen molar-refractivity contribution in [1.82, 2.24) is 20.5 Å². The van der Waals surface area contributed by atoms with Crippen molar-refractivity contribution in [2.24, 2.45) is 0 Å². The second kappa shape index (κ2) is 14.9. The number of amides is 3. The average molecular weight is 636 g/mol. The summed E-state index contributed by atoms with van der Waals surface area (Å²) < 4.78 is 13.1. The minimum Gasteiger partial charge on any atom is -0.457 e. The molecule has 0 aliphatic heterocycles. The van der Waals surface area contributed by atoms with Gasteiger partial charge in [-0.05, 0) is 94.5 Å². The van der Waals surface area contributed by atoms with Gasteiger partial charge in [0.25, 0.3) is 5.91 Å². The van der Waals surface area contributed by atoms with Crippen molar-refractivity contribution in [1.29, 1.82) is 5.26 Å². The molecule has 4 aromatic rings. The Balaban J connectivity index is 1.18. The smallest absolute Gasteiger partial charge is 0.407 e. The number of hydrogen-bond acceptors (Lipinski definition) is 6. The molecule has 1 aromatic heterocycles. The molecule has 0 atom stereocenters. The molecule has 1 aliphatic rings. The molecule has 0 saturated heterocycles. The second-order valence-corrected chi connectivity index (χ2v) is 12.8. The lowest BCUT2D eigenvalue weighted by atomic mass is 9.91. The van der Waals surface area contributed by atoms with Crippen molar-refractivity contribution in [2.75, 3.05) is 6.54 Å². The number of nitrogens with one attached hydrogen (secondary N) is 3. The minimum atomic E-state index is -0.594. The normalized spacial score (nSPS) is 16.1. The van der Waals surface area contributed by atoms with E-state index in [0.717, 1.165) is 47.9 Å². The molecule has 0 unspecified atom stereocenters. The van der Waals surface area contributed by atoms with Gasteiger partial charge in [0, 0.05) is 37.0 Å². The van der Waals surface area contributed by atoms with Gasteiger partial charge in [-0.1, -0.05) is 36.4 Å². The first-order valence-corrected chi connectivity index (χ1v) is 16.0. The molecule has 1 saturated carbocycles. The number of alkyl carbamates (subject to hydrolysis) is 1.